The molecule has 0 aromatic carbocycles. The van der Waals surface area contributed by atoms with Crippen molar-refractivity contribution in [3.05, 3.63) is 24.2 Å². The van der Waals surface area contributed by atoms with Gasteiger partial charge in [-0.3, -0.25) is 4.79 Å². The minimum Gasteiger partial charge on any atom is -0.469 e. The maximum atomic E-state index is 11.5. The summed E-state index contributed by atoms with van der Waals surface area (Å²) in [6.45, 7) is 3.46. The lowest BCUT2D eigenvalue weighted by atomic mass is 10.0. The molecule has 0 radical (unpaired) electrons. The first-order chi connectivity index (χ1) is 8.22. The molecule has 1 unspecified atom stereocenters. The average Bonchev–Trinajstić information content (AvgIpc) is 2.80. The number of hydrogen-bond acceptors (Lipinski definition) is 3. The second kappa shape index (κ2) is 7.90. The second-order valence-corrected chi connectivity index (χ2v) is 4.40. The van der Waals surface area contributed by atoms with Crippen molar-refractivity contribution in [3.8, 4) is 0 Å². The van der Waals surface area contributed by atoms with E-state index in [2.05, 4.69) is 12.2 Å². The van der Waals surface area contributed by atoms with Gasteiger partial charge in [0.25, 0.3) is 0 Å². The average molecular weight is 238 g/mol. The van der Waals surface area contributed by atoms with Crippen LogP contribution >= 0.6 is 0 Å². The van der Waals surface area contributed by atoms with Gasteiger partial charge in [0.15, 0.2) is 0 Å². The van der Waals surface area contributed by atoms with Crippen molar-refractivity contribution in [3.63, 3.8) is 0 Å². The molecule has 0 bridgehead atoms. The molecule has 1 aromatic rings. The van der Waals surface area contributed by atoms with Crippen LogP contribution in [0.4, 0.5) is 0 Å². The summed E-state index contributed by atoms with van der Waals surface area (Å²) in [7, 11) is 0. The van der Waals surface area contributed by atoms with Crippen molar-refractivity contribution < 1.29 is 9.21 Å². The number of nitrogens with one attached hydrogen (secondary N) is 1. The molecule has 1 atom stereocenters. The van der Waals surface area contributed by atoms with Crippen LogP contribution in [-0.2, 0) is 11.2 Å². The van der Waals surface area contributed by atoms with Crippen molar-refractivity contribution in [1.29, 1.82) is 0 Å². The van der Waals surface area contributed by atoms with Gasteiger partial charge >= 0.3 is 0 Å². The molecule has 0 saturated heterocycles. The van der Waals surface area contributed by atoms with Crippen molar-refractivity contribution in [2.45, 2.75) is 32.6 Å². The third-order valence-electron chi connectivity index (χ3n) is 2.80. The predicted octanol–water partition coefficient (Wildman–Crippen LogP) is 1.70. The van der Waals surface area contributed by atoms with Gasteiger partial charge in [-0.15, -0.1) is 0 Å². The van der Waals surface area contributed by atoms with Crippen LogP contribution in [0, 0.1) is 5.92 Å². The van der Waals surface area contributed by atoms with Crippen LogP contribution in [0.15, 0.2) is 22.8 Å². The molecule has 17 heavy (non-hydrogen) atoms. The highest BCUT2D eigenvalue weighted by molar-refractivity contribution is 5.75. The van der Waals surface area contributed by atoms with E-state index in [1.807, 2.05) is 12.1 Å². The number of furan rings is 1. The highest BCUT2D eigenvalue weighted by Crippen LogP contribution is 2.08. The monoisotopic (exact) mass is 238 g/mol. The van der Waals surface area contributed by atoms with E-state index in [0.29, 0.717) is 25.4 Å². The molecule has 3 N–H and O–H groups in total. The zero-order valence-electron chi connectivity index (χ0n) is 10.4. The van der Waals surface area contributed by atoms with Gasteiger partial charge in [0.2, 0.25) is 5.91 Å². The summed E-state index contributed by atoms with van der Waals surface area (Å²) in [5.41, 5.74) is 5.46. The standard InChI is InChI=1S/C13H22N2O2/c1-11(6-8-14)4-5-13(16)15-9-7-12-3-2-10-17-12/h2-3,10-11H,4-9,14H2,1H3,(H,15,16). The molecular weight excluding hydrogens is 216 g/mol. The van der Waals surface area contributed by atoms with E-state index in [4.69, 9.17) is 10.2 Å². The van der Waals surface area contributed by atoms with Crippen LogP contribution in [0.5, 0.6) is 0 Å². The third kappa shape index (κ3) is 6.12. The molecule has 1 heterocycles. The number of hydrogen-bond donors (Lipinski definition) is 2. The molecule has 1 aromatic heterocycles. The van der Waals surface area contributed by atoms with Crippen molar-refractivity contribution >= 4 is 5.91 Å². The third-order valence-corrected chi connectivity index (χ3v) is 2.80. The zero-order chi connectivity index (χ0) is 12.5. The molecule has 4 nitrogen and oxygen atoms in total. The van der Waals surface area contributed by atoms with Crippen LogP contribution < -0.4 is 11.1 Å². The maximum Gasteiger partial charge on any atom is 0.220 e. The predicted molar refractivity (Wildman–Crippen MR) is 67.5 cm³/mol. The van der Waals surface area contributed by atoms with Gasteiger partial charge in [0, 0.05) is 19.4 Å². The fourth-order valence-corrected chi connectivity index (χ4v) is 1.67. The molecule has 1 amide bonds. The van der Waals surface area contributed by atoms with E-state index < -0.39 is 0 Å². The summed E-state index contributed by atoms with van der Waals surface area (Å²) < 4.78 is 5.18. The van der Waals surface area contributed by atoms with Gasteiger partial charge in [0.1, 0.15) is 5.76 Å². The number of amides is 1. The van der Waals surface area contributed by atoms with Gasteiger partial charge in [0.05, 0.1) is 6.26 Å². The molecule has 1 rings (SSSR count). The largest absolute Gasteiger partial charge is 0.469 e. The molecule has 4 heteroatoms. The van der Waals surface area contributed by atoms with Crippen LogP contribution in [0.1, 0.15) is 31.9 Å². The quantitative estimate of drug-likeness (QED) is 0.724. The van der Waals surface area contributed by atoms with E-state index in [1.54, 1.807) is 6.26 Å². The minimum absolute atomic E-state index is 0.112. The Bertz CT molecular complexity index is 309. The smallest absolute Gasteiger partial charge is 0.220 e. The Morgan fingerprint density at radius 1 is 1.53 bits per heavy atom. The number of carbonyl (C=O) groups excluding carboxylic acids is 1. The van der Waals surface area contributed by atoms with Gasteiger partial charge in [-0.1, -0.05) is 6.92 Å². The summed E-state index contributed by atoms with van der Waals surface area (Å²) in [4.78, 5) is 11.5. The Balaban J connectivity index is 2.05. The number of carbonyl (C=O) groups is 1. The fraction of sp³-hybridized carbons (Fsp3) is 0.615. The first-order valence-corrected chi connectivity index (χ1v) is 6.21. The van der Waals surface area contributed by atoms with Crippen molar-refractivity contribution in [2.24, 2.45) is 11.7 Å². The van der Waals surface area contributed by atoms with Gasteiger partial charge in [-0.25, -0.2) is 0 Å². The maximum absolute atomic E-state index is 11.5. The second-order valence-electron chi connectivity index (χ2n) is 4.40. The van der Waals surface area contributed by atoms with E-state index in [-0.39, 0.29) is 5.91 Å². The van der Waals surface area contributed by atoms with Gasteiger partial charge in [-0.2, -0.15) is 0 Å². The fourth-order valence-electron chi connectivity index (χ4n) is 1.67. The highest BCUT2D eigenvalue weighted by atomic mass is 16.3. The highest BCUT2D eigenvalue weighted by Gasteiger charge is 2.06. The van der Waals surface area contributed by atoms with Crippen LogP contribution in [0.3, 0.4) is 0 Å². The lowest BCUT2D eigenvalue weighted by molar-refractivity contribution is -0.121. The van der Waals surface area contributed by atoms with E-state index in [9.17, 15) is 4.79 Å². The van der Waals surface area contributed by atoms with Crippen molar-refractivity contribution in [1.82, 2.24) is 5.32 Å². The number of rotatable bonds is 8. The Morgan fingerprint density at radius 2 is 2.35 bits per heavy atom. The van der Waals surface area contributed by atoms with Gasteiger partial charge < -0.3 is 15.5 Å². The molecule has 0 spiro atoms. The Hall–Kier alpha value is -1.29. The summed E-state index contributed by atoms with van der Waals surface area (Å²) in [6.07, 6.45) is 4.87. The normalized spacial score (nSPS) is 12.4. The minimum atomic E-state index is 0.112. The first-order valence-electron chi connectivity index (χ1n) is 6.21. The first kappa shape index (κ1) is 13.8. The lowest BCUT2D eigenvalue weighted by Crippen LogP contribution is -2.25. The molecule has 0 aliphatic rings. The molecule has 0 aliphatic carbocycles. The zero-order valence-corrected chi connectivity index (χ0v) is 10.4. The molecule has 0 saturated carbocycles. The van der Waals surface area contributed by atoms with Crippen LogP contribution in [0.2, 0.25) is 0 Å². The number of nitrogens with two attached hydrogens (primary N) is 1. The van der Waals surface area contributed by atoms with Crippen LogP contribution in [0.25, 0.3) is 0 Å². The van der Waals surface area contributed by atoms with Crippen LogP contribution in [-0.4, -0.2) is 19.0 Å². The lowest BCUT2D eigenvalue weighted by Gasteiger charge is -2.09. The Morgan fingerprint density at radius 3 is 3.00 bits per heavy atom. The molecular formula is C13H22N2O2. The summed E-state index contributed by atoms with van der Waals surface area (Å²) >= 11 is 0. The topological polar surface area (TPSA) is 68.3 Å². The summed E-state index contributed by atoms with van der Waals surface area (Å²) in [5, 5.41) is 2.89. The van der Waals surface area contributed by atoms with Crippen molar-refractivity contribution in [2.75, 3.05) is 13.1 Å². The van der Waals surface area contributed by atoms with E-state index in [1.165, 1.54) is 0 Å². The van der Waals surface area contributed by atoms with Gasteiger partial charge in [-0.05, 0) is 37.4 Å². The Labute approximate surface area is 103 Å². The van der Waals surface area contributed by atoms with E-state index in [0.717, 1.165) is 25.0 Å². The summed E-state index contributed by atoms with van der Waals surface area (Å²) in [5.74, 6) is 1.54. The molecule has 0 aliphatic heterocycles. The molecule has 0 fully saturated rings. The molecule has 96 valence electrons. The SMILES string of the molecule is CC(CCN)CCC(=O)NCCc1ccco1. The Kier molecular flexibility index (Phi) is 6.40. The van der Waals surface area contributed by atoms with E-state index >= 15 is 0 Å². The summed E-state index contributed by atoms with van der Waals surface area (Å²) in [6, 6.07) is 3.77.